The van der Waals surface area contributed by atoms with E-state index in [1.165, 1.54) is 12.0 Å². The summed E-state index contributed by atoms with van der Waals surface area (Å²) in [5.41, 5.74) is -1.17. The zero-order valence-electron chi connectivity index (χ0n) is 12.1. The van der Waals surface area contributed by atoms with Gasteiger partial charge in [-0.25, -0.2) is 8.78 Å². The molecule has 1 unspecified atom stereocenters. The molecule has 120 valence electrons. The number of ether oxygens (including phenoxy) is 1. The van der Waals surface area contributed by atoms with Crippen LogP contribution in [0.4, 0.5) is 8.78 Å². The fourth-order valence-corrected chi connectivity index (χ4v) is 2.67. The highest BCUT2D eigenvalue weighted by atomic mass is 19.1. The molecule has 0 saturated carbocycles. The maximum atomic E-state index is 13.6. The van der Waals surface area contributed by atoms with Crippen LogP contribution in [-0.2, 0) is 20.7 Å². The highest BCUT2D eigenvalue weighted by Gasteiger charge is 2.46. The lowest BCUT2D eigenvalue weighted by atomic mass is 9.88. The predicted octanol–water partition coefficient (Wildman–Crippen LogP) is 1.46. The molecule has 1 aromatic rings. The van der Waals surface area contributed by atoms with Gasteiger partial charge >= 0.3 is 5.97 Å². The Kier molecular flexibility index (Phi) is 4.75. The van der Waals surface area contributed by atoms with Gasteiger partial charge in [0, 0.05) is 25.8 Å². The fraction of sp³-hybridized carbons (Fsp3) is 0.467. The van der Waals surface area contributed by atoms with Crippen LogP contribution in [0.25, 0.3) is 0 Å². The molecule has 0 radical (unpaired) electrons. The number of nitrogens with zero attached hydrogens (tertiary/aromatic N) is 1. The predicted molar refractivity (Wildman–Crippen MR) is 73.2 cm³/mol. The molecule has 1 N–H and O–H groups in total. The molecule has 1 aliphatic rings. The topological polar surface area (TPSA) is 66.8 Å². The number of carbonyl (C=O) groups excluding carboxylic acids is 1. The van der Waals surface area contributed by atoms with E-state index in [1.807, 2.05) is 0 Å². The van der Waals surface area contributed by atoms with Crippen molar-refractivity contribution in [3.8, 4) is 0 Å². The van der Waals surface area contributed by atoms with E-state index in [0.29, 0.717) is 0 Å². The lowest BCUT2D eigenvalue weighted by molar-refractivity contribution is -0.151. The molecule has 1 atom stereocenters. The Labute approximate surface area is 126 Å². The minimum absolute atomic E-state index is 0.000436. The van der Waals surface area contributed by atoms with Gasteiger partial charge in [-0.1, -0.05) is 0 Å². The first-order valence-electron chi connectivity index (χ1n) is 6.82. The summed E-state index contributed by atoms with van der Waals surface area (Å²) in [7, 11) is 1.40. The highest BCUT2D eigenvalue weighted by molar-refractivity contribution is 5.82. The maximum absolute atomic E-state index is 13.6. The Morgan fingerprint density at radius 2 is 2.14 bits per heavy atom. The molecule has 0 bridgehead atoms. The number of methoxy groups -OCH3 is 1. The molecule has 1 aromatic carbocycles. The van der Waals surface area contributed by atoms with Crippen LogP contribution in [0.15, 0.2) is 18.2 Å². The molecule has 1 fully saturated rings. The molecule has 0 aromatic heterocycles. The molecule has 1 aliphatic heterocycles. The van der Waals surface area contributed by atoms with Crippen LogP contribution in [-0.4, -0.2) is 48.7 Å². The van der Waals surface area contributed by atoms with Crippen LogP contribution in [0.5, 0.6) is 0 Å². The van der Waals surface area contributed by atoms with Crippen LogP contribution in [0.2, 0.25) is 0 Å². The average molecular weight is 313 g/mol. The van der Waals surface area contributed by atoms with E-state index >= 15 is 0 Å². The number of likely N-dealkylation sites (tertiary alicyclic amines) is 1. The average Bonchev–Trinajstić information content (AvgIpc) is 2.89. The van der Waals surface area contributed by atoms with Crippen molar-refractivity contribution in [2.45, 2.75) is 12.8 Å². The molecule has 2 rings (SSSR count). The number of amides is 1. The second-order valence-electron chi connectivity index (χ2n) is 5.50. The minimum Gasteiger partial charge on any atom is -0.481 e. The zero-order chi connectivity index (χ0) is 16.3. The molecule has 1 heterocycles. The van der Waals surface area contributed by atoms with Crippen LogP contribution in [0.3, 0.4) is 0 Å². The van der Waals surface area contributed by atoms with E-state index in [4.69, 9.17) is 4.74 Å². The number of hydrogen-bond acceptors (Lipinski definition) is 3. The van der Waals surface area contributed by atoms with Gasteiger partial charge in [-0.3, -0.25) is 9.59 Å². The van der Waals surface area contributed by atoms with Gasteiger partial charge in [-0.2, -0.15) is 0 Å². The van der Waals surface area contributed by atoms with Crippen LogP contribution in [0, 0.1) is 17.0 Å². The van der Waals surface area contributed by atoms with Crippen LogP contribution < -0.4 is 0 Å². The Balaban J connectivity index is 2.08. The quantitative estimate of drug-likeness (QED) is 0.893. The van der Waals surface area contributed by atoms with Crippen molar-refractivity contribution in [3.63, 3.8) is 0 Å². The van der Waals surface area contributed by atoms with Crippen molar-refractivity contribution >= 4 is 11.9 Å². The first-order chi connectivity index (χ1) is 10.4. The SMILES string of the molecule is COCC1(C(=O)O)CCN(C(=O)Cc2cc(F)ccc2F)C1. The molecule has 7 heteroatoms. The van der Waals surface area contributed by atoms with Gasteiger partial charge in [0.1, 0.15) is 17.0 Å². The van der Waals surface area contributed by atoms with Crippen molar-refractivity contribution in [1.29, 1.82) is 0 Å². The zero-order valence-corrected chi connectivity index (χ0v) is 12.1. The minimum atomic E-state index is -1.13. The van der Waals surface area contributed by atoms with Gasteiger partial charge in [0.05, 0.1) is 13.0 Å². The van der Waals surface area contributed by atoms with Crippen molar-refractivity contribution in [1.82, 2.24) is 4.90 Å². The van der Waals surface area contributed by atoms with Gasteiger partial charge in [-0.15, -0.1) is 0 Å². The van der Waals surface area contributed by atoms with Gasteiger partial charge in [0.2, 0.25) is 5.91 Å². The molecule has 1 amide bonds. The molecular weight excluding hydrogens is 296 g/mol. The summed E-state index contributed by atoms with van der Waals surface area (Å²) in [6.07, 6.45) is -0.0280. The van der Waals surface area contributed by atoms with Gasteiger partial charge in [-0.05, 0) is 24.6 Å². The van der Waals surface area contributed by atoms with Gasteiger partial charge in [0.15, 0.2) is 0 Å². The second-order valence-corrected chi connectivity index (χ2v) is 5.50. The number of carboxylic acid groups (broad SMARTS) is 1. The van der Waals surface area contributed by atoms with Crippen molar-refractivity contribution < 1.29 is 28.2 Å². The molecule has 0 aliphatic carbocycles. The monoisotopic (exact) mass is 313 g/mol. The standard InChI is InChI=1S/C15H17F2NO4/c1-22-9-15(14(20)21)4-5-18(8-15)13(19)7-10-6-11(16)2-3-12(10)17/h2-3,6H,4-5,7-9H2,1H3,(H,20,21). The van der Waals surface area contributed by atoms with Gasteiger partial charge in [0.25, 0.3) is 0 Å². The number of benzene rings is 1. The third-order valence-electron chi connectivity index (χ3n) is 3.93. The molecule has 5 nitrogen and oxygen atoms in total. The summed E-state index contributed by atoms with van der Waals surface area (Å²) in [6, 6.07) is 2.92. The summed E-state index contributed by atoms with van der Waals surface area (Å²) in [5.74, 6) is -2.73. The number of aliphatic carboxylic acids is 1. The van der Waals surface area contributed by atoms with Crippen molar-refractivity contribution in [2.24, 2.45) is 5.41 Å². The first kappa shape index (κ1) is 16.4. The first-order valence-corrected chi connectivity index (χ1v) is 6.82. The number of carboxylic acids is 1. The van der Waals surface area contributed by atoms with Crippen LogP contribution in [0.1, 0.15) is 12.0 Å². The Bertz CT molecular complexity index is 593. The second kappa shape index (κ2) is 6.39. The molecular formula is C15H17F2NO4. The Morgan fingerprint density at radius 3 is 2.77 bits per heavy atom. The number of rotatable bonds is 5. The van der Waals surface area contributed by atoms with E-state index in [0.717, 1.165) is 18.2 Å². The summed E-state index contributed by atoms with van der Waals surface area (Å²) < 4.78 is 31.6. The lowest BCUT2D eigenvalue weighted by Crippen LogP contribution is -2.40. The largest absolute Gasteiger partial charge is 0.481 e. The van der Waals surface area contributed by atoms with Crippen molar-refractivity contribution in [3.05, 3.63) is 35.4 Å². The number of halogens is 2. The molecule has 1 saturated heterocycles. The Morgan fingerprint density at radius 1 is 1.41 bits per heavy atom. The van der Waals surface area contributed by atoms with E-state index in [9.17, 15) is 23.5 Å². The normalized spacial score (nSPS) is 21.1. The number of carbonyl (C=O) groups is 2. The van der Waals surface area contributed by atoms with Crippen molar-refractivity contribution in [2.75, 3.05) is 26.8 Å². The van der Waals surface area contributed by atoms with E-state index in [1.54, 1.807) is 0 Å². The fourth-order valence-electron chi connectivity index (χ4n) is 2.67. The summed E-state index contributed by atoms with van der Waals surface area (Å²) in [5, 5.41) is 9.34. The highest BCUT2D eigenvalue weighted by Crippen LogP contribution is 2.31. The third kappa shape index (κ3) is 3.24. The summed E-state index contributed by atoms with van der Waals surface area (Å²) in [4.78, 5) is 25.0. The maximum Gasteiger partial charge on any atom is 0.313 e. The van der Waals surface area contributed by atoms with Crippen LogP contribution >= 0.6 is 0 Å². The van der Waals surface area contributed by atoms with E-state index in [-0.39, 0.29) is 38.1 Å². The summed E-state index contributed by atoms with van der Waals surface area (Å²) in [6.45, 7) is 0.262. The van der Waals surface area contributed by atoms with E-state index in [2.05, 4.69) is 0 Å². The van der Waals surface area contributed by atoms with E-state index < -0.39 is 28.9 Å². The van der Waals surface area contributed by atoms with Gasteiger partial charge < -0.3 is 14.7 Å². The molecule has 0 spiro atoms. The number of hydrogen-bond donors (Lipinski definition) is 1. The smallest absolute Gasteiger partial charge is 0.313 e. The third-order valence-corrected chi connectivity index (χ3v) is 3.93. The summed E-state index contributed by atoms with van der Waals surface area (Å²) >= 11 is 0. The lowest BCUT2D eigenvalue weighted by Gasteiger charge is -2.23. The molecule has 22 heavy (non-hydrogen) atoms. The Hall–Kier alpha value is -2.02.